The van der Waals surface area contributed by atoms with Crippen molar-refractivity contribution in [2.75, 3.05) is 51.2 Å². The van der Waals surface area contributed by atoms with Crippen LogP contribution in [0, 0.1) is 5.82 Å². The normalized spacial score (nSPS) is 14.9. The van der Waals surface area contributed by atoms with Crippen molar-refractivity contribution >= 4 is 41.5 Å². The molecule has 1 aliphatic rings. The average Bonchev–Trinajstić information content (AvgIpc) is 2.79. The highest BCUT2D eigenvalue weighted by Crippen LogP contribution is 2.15. The van der Waals surface area contributed by atoms with Crippen molar-refractivity contribution in [2.45, 2.75) is 13.0 Å². The van der Waals surface area contributed by atoms with Gasteiger partial charge in [-0.1, -0.05) is 24.3 Å². The van der Waals surface area contributed by atoms with Crippen molar-refractivity contribution in [1.82, 2.24) is 15.5 Å². The summed E-state index contributed by atoms with van der Waals surface area (Å²) >= 11 is 0. The number of nitrogens with one attached hydrogen (secondary N) is 2. The van der Waals surface area contributed by atoms with E-state index in [1.54, 1.807) is 19.2 Å². The lowest BCUT2D eigenvalue weighted by atomic mass is 10.2. The predicted molar refractivity (Wildman–Crippen MR) is 137 cm³/mol. The Morgan fingerprint density at radius 3 is 2.47 bits per heavy atom. The summed E-state index contributed by atoms with van der Waals surface area (Å²) in [6.07, 6.45) is -0.206. The van der Waals surface area contributed by atoms with E-state index in [-0.39, 0.29) is 48.3 Å². The maximum absolute atomic E-state index is 13.3. The van der Waals surface area contributed by atoms with E-state index in [0.29, 0.717) is 31.3 Å². The smallest absolute Gasteiger partial charge is 0.242 e. The summed E-state index contributed by atoms with van der Waals surface area (Å²) in [7, 11) is 1.65. The topological polar surface area (TPSA) is 69.2 Å². The zero-order valence-electron chi connectivity index (χ0n) is 18.5. The van der Waals surface area contributed by atoms with Crippen LogP contribution < -0.4 is 20.3 Å². The number of ether oxygens (including phenoxy) is 1. The highest BCUT2D eigenvalue weighted by Gasteiger charge is 2.21. The molecular formula is C23H31FIN5O2. The van der Waals surface area contributed by atoms with Crippen LogP contribution >= 0.6 is 24.0 Å². The number of benzene rings is 2. The van der Waals surface area contributed by atoms with Gasteiger partial charge in [0.25, 0.3) is 0 Å². The first-order valence-electron chi connectivity index (χ1n) is 10.5. The molecule has 0 radical (unpaired) electrons. The summed E-state index contributed by atoms with van der Waals surface area (Å²) in [5, 5.41) is 6.19. The molecule has 3 rings (SSSR count). The number of anilines is 1. The molecule has 0 spiro atoms. The van der Waals surface area contributed by atoms with Crippen molar-refractivity contribution in [1.29, 1.82) is 0 Å². The molecule has 32 heavy (non-hydrogen) atoms. The molecule has 0 aliphatic carbocycles. The van der Waals surface area contributed by atoms with E-state index in [4.69, 9.17) is 4.74 Å². The minimum atomic E-state index is -0.335. The molecule has 0 saturated carbocycles. The van der Waals surface area contributed by atoms with Gasteiger partial charge in [-0.3, -0.25) is 9.79 Å². The van der Waals surface area contributed by atoms with Crippen LogP contribution in [0.15, 0.2) is 59.6 Å². The Labute approximate surface area is 206 Å². The summed E-state index contributed by atoms with van der Waals surface area (Å²) < 4.78 is 19.0. The van der Waals surface area contributed by atoms with Crippen molar-refractivity contribution in [3.8, 4) is 5.75 Å². The number of halogens is 2. The third kappa shape index (κ3) is 7.85. The Kier molecular flexibility index (Phi) is 10.5. The van der Waals surface area contributed by atoms with Crippen LogP contribution in [-0.4, -0.2) is 69.2 Å². The molecule has 1 amide bonds. The lowest BCUT2D eigenvalue weighted by Crippen LogP contribution is -2.52. The minimum absolute atomic E-state index is 0. The van der Waals surface area contributed by atoms with Crippen molar-refractivity contribution in [3.05, 3.63) is 60.4 Å². The maximum atomic E-state index is 13.3. The molecule has 7 nitrogen and oxygen atoms in total. The Morgan fingerprint density at radius 2 is 1.81 bits per heavy atom. The first kappa shape index (κ1) is 25.7. The number of amides is 1. The molecule has 9 heteroatoms. The zero-order valence-corrected chi connectivity index (χ0v) is 20.8. The molecular weight excluding hydrogens is 524 g/mol. The molecule has 1 fully saturated rings. The number of hydrogen-bond acceptors (Lipinski definition) is 4. The van der Waals surface area contributed by atoms with Crippen LogP contribution in [0.2, 0.25) is 0 Å². The number of guanidine groups is 1. The predicted octanol–water partition coefficient (Wildman–Crippen LogP) is 2.72. The summed E-state index contributed by atoms with van der Waals surface area (Å²) in [6, 6.07) is 16.3. The lowest BCUT2D eigenvalue weighted by molar-refractivity contribution is -0.130. The van der Waals surface area contributed by atoms with E-state index in [0.717, 1.165) is 13.1 Å². The van der Waals surface area contributed by atoms with Gasteiger partial charge in [0.05, 0.1) is 13.1 Å². The van der Waals surface area contributed by atoms with Gasteiger partial charge < -0.3 is 25.2 Å². The molecule has 0 bridgehead atoms. The van der Waals surface area contributed by atoms with Gasteiger partial charge in [-0.05, 0) is 31.2 Å². The minimum Gasteiger partial charge on any atom is -0.489 e. The first-order valence-corrected chi connectivity index (χ1v) is 10.5. The second kappa shape index (κ2) is 13.1. The largest absolute Gasteiger partial charge is 0.489 e. The number of carbonyl (C=O) groups is 1. The lowest BCUT2D eigenvalue weighted by Gasteiger charge is -2.36. The van der Waals surface area contributed by atoms with E-state index < -0.39 is 0 Å². The zero-order chi connectivity index (χ0) is 22.1. The fraction of sp³-hybridized carbons (Fsp3) is 0.391. The number of para-hydroxylation sites is 1. The Balaban J connectivity index is 0.00000363. The molecule has 2 aromatic carbocycles. The Morgan fingerprint density at radius 1 is 1.09 bits per heavy atom. The van der Waals surface area contributed by atoms with E-state index in [1.165, 1.54) is 17.8 Å². The average molecular weight is 555 g/mol. The SMILES string of the molecule is CN=C(NCC(=O)N1CCN(c2ccccc2)CC1)NCC(C)Oc1cccc(F)c1.I. The first-order chi connectivity index (χ1) is 15.0. The standard InChI is InChI=1S/C23H30FN5O2.HI/c1-18(31-21-10-6-7-19(24)15-21)16-26-23(25-2)27-17-22(30)29-13-11-28(12-14-29)20-8-4-3-5-9-20;/h3-10,15,18H,11-14,16-17H2,1-2H3,(H2,25,26,27);1H. The number of aliphatic imine (C=N–C) groups is 1. The van der Waals surface area contributed by atoms with Crippen LogP contribution in [0.5, 0.6) is 5.75 Å². The van der Waals surface area contributed by atoms with Crippen LogP contribution in [0.25, 0.3) is 0 Å². The molecule has 1 saturated heterocycles. The number of nitrogens with zero attached hydrogens (tertiary/aromatic N) is 3. The molecule has 1 heterocycles. The van der Waals surface area contributed by atoms with Gasteiger partial charge in [-0.2, -0.15) is 0 Å². The van der Waals surface area contributed by atoms with E-state index in [2.05, 4.69) is 32.7 Å². The second-order valence-corrected chi connectivity index (χ2v) is 7.40. The number of rotatable bonds is 7. The molecule has 1 unspecified atom stereocenters. The quantitative estimate of drug-likeness (QED) is 0.313. The fourth-order valence-corrected chi connectivity index (χ4v) is 3.40. The van der Waals surface area contributed by atoms with Gasteiger partial charge in [-0.25, -0.2) is 4.39 Å². The molecule has 2 N–H and O–H groups in total. The van der Waals surface area contributed by atoms with E-state index in [1.807, 2.05) is 30.0 Å². The molecule has 2 aromatic rings. The second-order valence-electron chi connectivity index (χ2n) is 7.40. The fourth-order valence-electron chi connectivity index (χ4n) is 3.40. The van der Waals surface area contributed by atoms with E-state index in [9.17, 15) is 9.18 Å². The van der Waals surface area contributed by atoms with Gasteiger partial charge in [0.2, 0.25) is 5.91 Å². The molecule has 1 aliphatic heterocycles. The third-order valence-corrected chi connectivity index (χ3v) is 5.07. The Bertz CT molecular complexity index is 876. The monoisotopic (exact) mass is 555 g/mol. The van der Waals surface area contributed by atoms with Crippen LogP contribution in [0.3, 0.4) is 0 Å². The van der Waals surface area contributed by atoms with Gasteiger partial charge in [-0.15, -0.1) is 24.0 Å². The van der Waals surface area contributed by atoms with Gasteiger partial charge in [0, 0.05) is 45.0 Å². The van der Waals surface area contributed by atoms with Crippen molar-refractivity contribution in [2.24, 2.45) is 4.99 Å². The highest BCUT2D eigenvalue weighted by molar-refractivity contribution is 14.0. The molecule has 0 aromatic heterocycles. The van der Waals surface area contributed by atoms with Crippen LogP contribution in [0.4, 0.5) is 10.1 Å². The molecule has 1 atom stereocenters. The number of piperazine rings is 1. The number of carbonyl (C=O) groups excluding carboxylic acids is 1. The van der Waals surface area contributed by atoms with Crippen LogP contribution in [0.1, 0.15) is 6.92 Å². The highest BCUT2D eigenvalue weighted by atomic mass is 127. The maximum Gasteiger partial charge on any atom is 0.242 e. The number of hydrogen-bond donors (Lipinski definition) is 2. The Hall–Kier alpha value is -2.56. The van der Waals surface area contributed by atoms with Crippen LogP contribution in [-0.2, 0) is 4.79 Å². The van der Waals surface area contributed by atoms with Crippen molar-refractivity contribution < 1.29 is 13.9 Å². The van der Waals surface area contributed by atoms with Gasteiger partial charge in [0.1, 0.15) is 17.7 Å². The molecule has 174 valence electrons. The van der Waals surface area contributed by atoms with Gasteiger partial charge >= 0.3 is 0 Å². The summed E-state index contributed by atoms with van der Waals surface area (Å²) in [5.41, 5.74) is 1.19. The summed E-state index contributed by atoms with van der Waals surface area (Å²) in [4.78, 5) is 20.9. The van der Waals surface area contributed by atoms with E-state index >= 15 is 0 Å². The summed E-state index contributed by atoms with van der Waals surface area (Å²) in [6.45, 7) is 5.53. The van der Waals surface area contributed by atoms with Crippen molar-refractivity contribution in [3.63, 3.8) is 0 Å². The van der Waals surface area contributed by atoms with Gasteiger partial charge in [0.15, 0.2) is 5.96 Å². The third-order valence-electron chi connectivity index (χ3n) is 5.07. The summed E-state index contributed by atoms with van der Waals surface area (Å²) in [5.74, 6) is 0.700.